The van der Waals surface area contributed by atoms with Gasteiger partial charge >= 0.3 is 0 Å². The van der Waals surface area contributed by atoms with E-state index >= 15 is 0 Å². The molecule has 300 valence electrons. The zero-order valence-electron chi connectivity index (χ0n) is 33.8. The first-order valence-corrected chi connectivity index (χ1v) is 23.2. The second kappa shape index (κ2) is 14.9. The van der Waals surface area contributed by atoms with E-state index in [9.17, 15) is 14.7 Å². The van der Waals surface area contributed by atoms with Crippen LogP contribution < -0.4 is 24.5 Å². The molecule has 5 atom stereocenters. The van der Waals surface area contributed by atoms with Crippen molar-refractivity contribution in [2.75, 3.05) is 30.6 Å². The number of benzene rings is 5. The lowest BCUT2D eigenvalue weighted by Gasteiger charge is -2.37. The Hall–Kier alpha value is -6.08. The third kappa shape index (κ3) is 6.25. The van der Waals surface area contributed by atoms with Gasteiger partial charge in [-0.2, -0.15) is 0 Å². The minimum atomic E-state index is -2.44. The molecule has 2 amide bonds. The Morgan fingerprint density at radius 3 is 2.34 bits per heavy atom. The molecule has 0 saturated carbocycles. The van der Waals surface area contributed by atoms with Crippen molar-refractivity contribution in [3.05, 3.63) is 150 Å². The predicted octanol–water partition coefficient (Wildman–Crippen LogP) is 7.78. The SMILES string of the molecule is COc1ccc([Si](C)(C)[C@H]2[C@H](CCn3cc(C(CO)c4ccccc4)nn3)O[C@@]3(C(=O)N(C)c4ccc(N5C(=O)c6ccccc6Oc6ccccc65)cc43)[C@@H]2C)cc1. The fourth-order valence-corrected chi connectivity index (χ4v) is 13.8. The van der Waals surface area contributed by atoms with Crippen LogP contribution in [-0.4, -0.2) is 66.9 Å². The van der Waals surface area contributed by atoms with Gasteiger partial charge in [0.15, 0.2) is 11.4 Å². The summed E-state index contributed by atoms with van der Waals surface area (Å²) in [4.78, 5) is 32.9. The molecule has 4 heterocycles. The van der Waals surface area contributed by atoms with Crippen LogP contribution in [-0.2, 0) is 21.7 Å². The number of aryl methyl sites for hydroxylation is 1. The molecule has 59 heavy (non-hydrogen) atoms. The minimum Gasteiger partial charge on any atom is -0.497 e. The summed E-state index contributed by atoms with van der Waals surface area (Å²) in [5.41, 5.74) is 3.46. The molecule has 11 nitrogen and oxygen atoms in total. The maximum atomic E-state index is 15.0. The number of amides is 2. The van der Waals surface area contributed by atoms with Crippen LogP contribution in [0.15, 0.2) is 128 Å². The van der Waals surface area contributed by atoms with Gasteiger partial charge in [0, 0.05) is 37.0 Å². The summed E-state index contributed by atoms with van der Waals surface area (Å²) in [5, 5.41) is 20.6. The Balaban J connectivity index is 1.12. The third-order valence-electron chi connectivity index (χ3n) is 12.8. The van der Waals surface area contributed by atoms with Gasteiger partial charge in [0.2, 0.25) is 0 Å². The van der Waals surface area contributed by atoms with E-state index in [1.54, 1.807) is 36.1 Å². The average molecular weight is 806 g/mol. The number of para-hydroxylation sites is 3. The number of aliphatic hydroxyl groups excluding tert-OH is 1. The van der Waals surface area contributed by atoms with Crippen molar-refractivity contribution < 1.29 is 28.9 Å². The van der Waals surface area contributed by atoms with Gasteiger partial charge in [-0.15, -0.1) is 5.10 Å². The highest BCUT2D eigenvalue weighted by atomic mass is 28.3. The van der Waals surface area contributed by atoms with Gasteiger partial charge in [-0.25, -0.2) is 0 Å². The summed E-state index contributed by atoms with van der Waals surface area (Å²) in [7, 11) is 1.03. The molecule has 0 aliphatic carbocycles. The Labute approximate surface area is 344 Å². The number of rotatable bonds is 10. The minimum absolute atomic E-state index is 0.0128. The highest BCUT2D eigenvalue weighted by Gasteiger charge is 2.66. The maximum absolute atomic E-state index is 15.0. The van der Waals surface area contributed by atoms with Gasteiger partial charge in [-0.3, -0.25) is 19.2 Å². The van der Waals surface area contributed by atoms with Crippen LogP contribution in [0.1, 0.15) is 46.4 Å². The van der Waals surface area contributed by atoms with Crippen molar-refractivity contribution in [1.82, 2.24) is 15.0 Å². The smallest absolute Gasteiger partial charge is 0.266 e. The molecule has 9 rings (SSSR count). The highest BCUT2D eigenvalue weighted by Crippen LogP contribution is 2.60. The summed E-state index contributed by atoms with van der Waals surface area (Å²) in [6.45, 7) is 7.27. The molecule has 12 heteroatoms. The van der Waals surface area contributed by atoms with Crippen LogP contribution in [0.2, 0.25) is 18.6 Å². The summed E-state index contributed by atoms with van der Waals surface area (Å²) in [6.07, 6.45) is 2.13. The lowest BCUT2D eigenvalue weighted by atomic mass is 9.82. The van der Waals surface area contributed by atoms with Gasteiger partial charge < -0.3 is 24.2 Å². The summed E-state index contributed by atoms with van der Waals surface area (Å²) in [5.74, 6) is 0.912. The molecule has 1 fully saturated rings. The molecule has 1 N–H and O–H groups in total. The van der Waals surface area contributed by atoms with E-state index in [1.807, 2.05) is 108 Å². The number of carbonyl (C=O) groups excluding carboxylic acids is 2. The number of aromatic nitrogens is 3. The molecule has 3 aliphatic rings. The van der Waals surface area contributed by atoms with Crippen LogP contribution in [0.5, 0.6) is 17.2 Å². The molecule has 1 aromatic heterocycles. The standard InChI is InChI=1S/C47H47N5O6Si/c1-30-44(59(4,5)34-22-20-33(56-3)21-23-34)43(25-26-51-28-38(48-49-51)36(29-53)31-13-7-6-8-14-31)58-47(30)37-27-32(19-24-39(37)50(2)46(47)55)52-40-16-10-12-18-42(40)57-41-17-11-9-15-35(41)45(52)54/h6-24,27-28,30,36,43-44,53H,25-26,29H2,1-5H3/t30-,36?,43+,44-,47+/m1/s1. The largest absolute Gasteiger partial charge is 0.497 e. The molecule has 1 saturated heterocycles. The first-order valence-electron chi connectivity index (χ1n) is 20.1. The normalized spacial score (nSPS) is 21.5. The van der Waals surface area contributed by atoms with E-state index in [0.717, 1.165) is 22.6 Å². The van der Waals surface area contributed by atoms with Crippen molar-refractivity contribution in [1.29, 1.82) is 0 Å². The average Bonchev–Trinajstić information content (AvgIpc) is 3.88. The number of methoxy groups -OCH3 is 1. The van der Waals surface area contributed by atoms with Gasteiger partial charge in [-0.1, -0.05) is 97.1 Å². The number of likely N-dealkylation sites (N-methyl/N-ethyl adjacent to an activating group) is 1. The fourth-order valence-electron chi connectivity index (χ4n) is 9.78. The van der Waals surface area contributed by atoms with E-state index in [0.29, 0.717) is 47.1 Å². The maximum Gasteiger partial charge on any atom is 0.266 e. The van der Waals surface area contributed by atoms with E-state index < -0.39 is 13.7 Å². The Kier molecular flexibility index (Phi) is 9.73. The molecular weight excluding hydrogens is 759 g/mol. The lowest BCUT2D eigenvalue weighted by molar-refractivity contribution is -0.145. The van der Waals surface area contributed by atoms with Crippen molar-refractivity contribution in [2.45, 2.75) is 56.1 Å². The summed E-state index contributed by atoms with van der Waals surface area (Å²) < 4.78 is 21.0. The second-order valence-corrected chi connectivity index (χ2v) is 21.0. The summed E-state index contributed by atoms with van der Waals surface area (Å²) in [6, 6.07) is 38.7. The Morgan fingerprint density at radius 1 is 0.881 bits per heavy atom. The summed E-state index contributed by atoms with van der Waals surface area (Å²) >= 11 is 0. The molecule has 1 spiro atoms. The van der Waals surface area contributed by atoms with Crippen LogP contribution in [0.4, 0.5) is 17.1 Å². The molecule has 6 aromatic rings. The molecule has 0 bridgehead atoms. The van der Waals surface area contributed by atoms with Crippen molar-refractivity contribution in [3.63, 3.8) is 0 Å². The van der Waals surface area contributed by atoms with E-state index in [-0.39, 0.29) is 41.9 Å². The predicted molar refractivity (Wildman–Crippen MR) is 229 cm³/mol. The van der Waals surface area contributed by atoms with Gasteiger partial charge in [0.1, 0.15) is 11.5 Å². The monoisotopic (exact) mass is 805 g/mol. The first-order chi connectivity index (χ1) is 28.6. The topological polar surface area (TPSA) is 119 Å². The number of aliphatic hydroxyl groups is 1. The van der Waals surface area contributed by atoms with Crippen LogP contribution >= 0.6 is 0 Å². The number of nitrogens with zero attached hydrogens (tertiary/aromatic N) is 5. The van der Waals surface area contributed by atoms with Crippen molar-refractivity contribution >= 4 is 42.1 Å². The number of fused-ring (bicyclic) bond motifs is 4. The molecular formula is C47H47N5O6Si. The molecule has 5 aromatic carbocycles. The van der Waals surface area contributed by atoms with E-state index in [2.05, 4.69) is 42.5 Å². The van der Waals surface area contributed by atoms with E-state index in [1.165, 1.54) is 5.19 Å². The van der Waals surface area contributed by atoms with Crippen LogP contribution in [0, 0.1) is 5.92 Å². The Bertz CT molecular complexity index is 2540. The second-order valence-electron chi connectivity index (χ2n) is 16.3. The fraction of sp³-hybridized carbons (Fsp3) is 0.277. The highest BCUT2D eigenvalue weighted by molar-refractivity contribution is 6.91. The first kappa shape index (κ1) is 38.4. The Morgan fingerprint density at radius 2 is 1.59 bits per heavy atom. The molecule has 0 radical (unpaired) electrons. The van der Waals surface area contributed by atoms with Gasteiger partial charge in [0.05, 0.1) is 56.4 Å². The third-order valence-corrected chi connectivity index (χ3v) is 17.2. The van der Waals surface area contributed by atoms with Crippen molar-refractivity contribution in [3.8, 4) is 17.2 Å². The number of hydrogen-bond donors (Lipinski definition) is 1. The zero-order chi connectivity index (χ0) is 41.1. The van der Waals surface area contributed by atoms with Gasteiger partial charge in [-0.05, 0) is 72.1 Å². The van der Waals surface area contributed by atoms with Gasteiger partial charge in [0.25, 0.3) is 11.8 Å². The quantitative estimate of drug-likeness (QED) is 0.140. The van der Waals surface area contributed by atoms with Crippen LogP contribution in [0.3, 0.4) is 0 Å². The number of anilines is 3. The lowest BCUT2D eigenvalue weighted by Crippen LogP contribution is -2.51. The van der Waals surface area contributed by atoms with Crippen LogP contribution in [0.25, 0.3) is 0 Å². The number of carbonyl (C=O) groups is 2. The van der Waals surface area contributed by atoms with Crippen molar-refractivity contribution in [2.24, 2.45) is 5.92 Å². The molecule has 1 unspecified atom stereocenters. The van der Waals surface area contributed by atoms with E-state index in [4.69, 9.17) is 14.2 Å². The molecule has 3 aliphatic heterocycles. The number of hydrogen-bond acceptors (Lipinski definition) is 8. The number of ether oxygens (including phenoxy) is 3. The zero-order valence-corrected chi connectivity index (χ0v) is 34.8.